The summed E-state index contributed by atoms with van der Waals surface area (Å²) in [5.41, 5.74) is 0.497. The van der Waals surface area contributed by atoms with Crippen molar-refractivity contribution in [2.75, 3.05) is 5.45 Å². The molecule has 0 fully saturated rings. The first-order valence-electron chi connectivity index (χ1n) is 1.26. The van der Waals surface area contributed by atoms with Gasteiger partial charge in [-0.05, 0) is 0 Å². The molecule has 0 heterocycles. The molecule has 0 aliphatic heterocycles. The Morgan fingerprint density at radius 2 is 2.33 bits per heavy atom. The lowest BCUT2D eigenvalue weighted by molar-refractivity contribution is 0.263. The van der Waals surface area contributed by atoms with Crippen LogP contribution < -0.4 is 5.32 Å². The molecule has 0 saturated carbocycles. The minimum atomic E-state index is -0.195. The van der Waals surface area contributed by atoms with Crippen molar-refractivity contribution in [3.05, 3.63) is 0 Å². The van der Waals surface area contributed by atoms with Gasteiger partial charge < -0.3 is 5.32 Å². The quantitative estimate of drug-likeness (QED) is 0.401. The van der Waals surface area contributed by atoms with Gasteiger partial charge >= 0.3 is 0 Å². The van der Waals surface area contributed by atoms with Crippen LogP contribution in [0.3, 0.4) is 0 Å². The average Bonchev–Trinajstić information content (AvgIpc) is 1.35. The van der Waals surface area contributed by atoms with Crippen LogP contribution in [0.2, 0.25) is 0 Å². The normalized spacial score (nSPS) is 7.67. The molecule has 4 heteroatoms. The lowest BCUT2D eigenvalue weighted by Gasteiger charge is -1.85. The predicted octanol–water partition coefficient (Wildman–Crippen LogP) is 1.44. The van der Waals surface area contributed by atoms with Gasteiger partial charge in [0.05, 0.1) is 5.45 Å². The molecule has 0 rings (SSSR count). The monoisotopic (exact) mass is 215 g/mol. The first-order chi connectivity index (χ1) is 2.77. The van der Waals surface area contributed by atoms with E-state index in [0.29, 0.717) is 5.45 Å². The number of hydrogen-bond donors (Lipinski definition) is 1. The van der Waals surface area contributed by atoms with Crippen LogP contribution in [-0.4, -0.2) is 10.3 Å². The summed E-state index contributed by atoms with van der Waals surface area (Å²) >= 11 is 5.64. The van der Waals surface area contributed by atoms with E-state index in [4.69, 9.17) is 0 Å². The van der Waals surface area contributed by atoms with Crippen LogP contribution in [0.1, 0.15) is 0 Å². The Bertz CT molecular complexity index is 55.5. The molecule has 1 N–H and O–H groups in total. The molecule has 2 nitrogen and oxygen atoms in total. The van der Waals surface area contributed by atoms with E-state index in [1.807, 2.05) is 0 Å². The maximum absolute atomic E-state index is 9.82. The molecule has 0 radical (unpaired) electrons. The van der Waals surface area contributed by atoms with Gasteiger partial charge in [-0.3, -0.25) is 4.79 Å². The highest BCUT2D eigenvalue weighted by Crippen LogP contribution is 1.81. The molecule has 1 amide bonds. The number of alkyl halides is 1. The SMILES string of the molecule is O=C(Br)NCBr. The van der Waals surface area contributed by atoms with E-state index in [9.17, 15) is 4.79 Å². The second kappa shape index (κ2) is 3.61. The molecule has 0 aromatic heterocycles. The van der Waals surface area contributed by atoms with Crippen molar-refractivity contribution in [2.24, 2.45) is 0 Å². The highest BCUT2D eigenvalue weighted by Gasteiger charge is 1.83. The molecule has 6 heavy (non-hydrogen) atoms. The number of amides is 1. The van der Waals surface area contributed by atoms with E-state index in [1.54, 1.807) is 0 Å². The smallest absolute Gasteiger partial charge is 0.287 e. The second-order valence-corrected chi connectivity index (χ2v) is 1.87. The largest absolute Gasteiger partial charge is 0.337 e. The molecular weight excluding hydrogens is 214 g/mol. The molecular formula is C2H3Br2NO. The molecule has 0 aliphatic rings. The Kier molecular flexibility index (Phi) is 3.87. The van der Waals surface area contributed by atoms with Crippen LogP contribution in [0.4, 0.5) is 4.79 Å². The van der Waals surface area contributed by atoms with Crippen molar-refractivity contribution in [3.63, 3.8) is 0 Å². The summed E-state index contributed by atoms with van der Waals surface area (Å²) < 4.78 is 0. The number of rotatable bonds is 1. The molecule has 36 valence electrons. The Morgan fingerprint density at radius 3 is 2.33 bits per heavy atom. The summed E-state index contributed by atoms with van der Waals surface area (Å²) in [6.45, 7) is 0. The zero-order chi connectivity index (χ0) is 4.99. The van der Waals surface area contributed by atoms with Crippen molar-refractivity contribution in [3.8, 4) is 0 Å². The van der Waals surface area contributed by atoms with Crippen molar-refractivity contribution in [2.45, 2.75) is 0 Å². The summed E-state index contributed by atoms with van der Waals surface area (Å²) in [4.78, 5) is 9.62. The minimum absolute atomic E-state index is 0.195. The lowest BCUT2D eigenvalue weighted by Crippen LogP contribution is -2.11. The van der Waals surface area contributed by atoms with Crippen molar-refractivity contribution < 1.29 is 4.79 Å². The van der Waals surface area contributed by atoms with Crippen LogP contribution in [-0.2, 0) is 0 Å². The van der Waals surface area contributed by atoms with Gasteiger partial charge in [0.2, 0.25) is 0 Å². The van der Waals surface area contributed by atoms with Gasteiger partial charge in [-0.25, -0.2) is 0 Å². The van der Waals surface area contributed by atoms with E-state index in [-0.39, 0.29) is 4.82 Å². The predicted molar refractivity (Wildman–Crippen MR) is 31.3 cm³/mol. The zero-order valence-electron chi connectivity index (χ0n) is 2.87. The van der Waals surface area contributed by atoms with Crippen LogP contribution >= 0.6 is 31.9 Å². The number of carbonyl (C=O) groups excluding carboxylic acids is 1. The van der Waals surface area contributed by atoms with Crippen LogP contribution in [0.15, 0.2) is 0 Å². The van der Waals surface area contributed by atoms with Crippen LogP contribution in [0, 0.1) is 0 Å². The van der Waals surface area contributed by atoms with Gasteiger partial charge in [0, 0.05) is 15.9 Å². The highest BCUT2D eigenvalue weighted by molar-refractivity contribution is 9.18. The zero-order valence-corrected chi connectivity index (χ0v) is 6.04. The summed E-state index contributed by atoms with van der Waals surface area (Å²) in [7, 11) is 0. The molecule has 0 unspecified atom stereocenters. The molecule has 0 aliphatic carbocycles. The third kappa shape index (κ3) is 4.43. The van der Waals surface area contributed by atoms with E-state index in [0.717, 1.165) is 0 Å². The fourth-order valence-corrected chi connectivity index (χ4v) is 0.824. The highest BCUT2D eigenvalue weighted by atomic mass is 79.9. The van der Waals surface area contributed by atoms with Gasteiger partial charge in [0.25, 0.3) is 4.82 Å². The minimum Gasteiger partial charge on any atom is -0.337 e. The number of hydrogen-bond acceptors (Lipinski definition) is 1. The standard InChI is InChI=1S/C2H3Br2NO/c3-1-5-2(4)6/h1H2,(H,5,6). The van der Waals surface area contributed by atoms with Gasteiger partial charge in [-0.1, -0.05) is 15.9 Å². The van der Waals surface area contributed by atoms with Gasteiger partial charge in [-0.2, -0.15) is 0 Å². The molecule has 0 aromatic carbocycles. The maximum atomic E-state index is 9.82. The number of nitrogens with one attached hydrogen (secondary N) is 1. The fourth-order valence-electron chi connectivity index (χ4n) is 0.0525. The summed E-state index contributed by atoms with van der Waals surface area (Å²) in [5, 5.41) is 2.40. The van der Waals surface area contributed by atoms with Crippen molar-refractivity contribution in [1.82, 2.24) is 5.32 Å². The summed E-state index contributed by atoms with van der Waals surface area (Å²) in [5.74, 6) is 0. The van der Waals surface area contributed by atoms with E-state index < -0.39 is 0 Å². The number of halogens is 2. The summed E-state index contributed by atoms with van der Waals surface area (Å²) in [6, 6.07) is 0. The first-order valence-corrected chi connectivity index (χ1v) is 3.18. The van der Waals surface area contributed by atoms with Gasteiger partial charge in [0.15, 0.2) is 0 Å². The Morgan fingerprint density at radius 1 is 1.83 bits per heavy atom. The third-order valence-electron chi connectivity index (χ3n) is 0.206. The molecule has 0 saturated heterocycles. The lowest BCUT2D eigenvalue weighted by atomic mass is 11.2. The third-order valence-corrected chi connectivity index (χ3v) is 0.767. The fraction of sp³-hybridized carbons (Fsp3) is 0.500. The Labute approximate surface area is 52.6 Å². The topological polar surface area (TPSA) is 29.1 Å². The Hall–Kier alpha value is 0.430. The first kappa shape index (κ1) is 6.43. The molecule has 0 bridgehead atoms. The van der Waals surface area contributed by atoms with E-state index in [2.05, 4.69) is 37.2 Å². The average molecular weight is 217 g/mol. The summed E-state index contributed by atoms with van der Waals surface area (Å²) in [6.07, 6.45) is 0. The van der Waals surface area contributed by atoms with E-state index >= 15 is 0 Å². The molecule has 0 atom stereocenters. The molecule has 0 spiro atoms. The van der Waals surface area contributed by atoms with Gasteiger partial charge in [0.1, 0.15) is 0 Å². The number of carbonyl (C=O) groups is 1. The molecule has 0 aromatic rings. The van der Waals surface area contributed by atoms with Crippen LogP contribution in [0.25, 0.3) is 0 Å². The van der Waals surface area contributed by atoms with Crippen LogP contribution in [0.5, 0.6) is 0 Å². The van der Waals surface area contributed by atoms with Crippen molar-refractivity contribution in [1.29, 1.82) is 0 Å². The second-order valence-electron chi connectivity index (χ2n) is 0.584. The van der Waals surface area contributed by atoms with Gasteiger partial charge in [-0.15, -0.1) is 0 Å². The van der Waals surface area contributed by atoms with Crippen molar-refractivity contribution >= 4 is 36.7 Å². The van der Waals surface area contributed by atoms with E-state index in [1.165, 1.54) is 0 Å². The maximum Gasteiger partial charge on any atom is 0.287 e. The Balaban J connectivity index is 2.83.